The number of ether oxygens (including phenoxy) is 2. The number of benzene rings is 2. The Hall–Kier alpha value is -3.43. The van der Waals surface area contributed by atoms with Crippen LogP contribution in [0.25, 0.3) is 11.4 Å². The molecule has 0 bridgehead atoms. The molecular weight excluding hydrogens is 400 g/mol. The minimum Gasteiger partial charge on any atom is -0.454 e. The molecule has 1 amide bonds. The summed E-state index contributed by atoms with van der Waals surface area (Å²) >= 11 is 0. The van der Waals surface area contributed by atoms with Gasteiger partial charge in [0.05, 0.1) is 12.1 Å². The zero-order valence-electron chi connectivity index (χ0n) is 16.9. The molecule has 2 unspecified atom stereocenters. The number of hydrogen-bond acceptors (Lipinski definition) is 8. The maximum absolute atomic E-state index is 11.2. The Morgan fingerprint density at radius 2 is 2.00 bits per heavy atom. The largest absolute Gasteiger partial charge is 0.454 e. The first kappa shape index (κ1) is 19.5. The van der Waals surface area contributed by atoms with Crippen LogP contribution in [0, 0.1) is 0 Å². The number of aromatic nitrogens is 2. The normalized spacial score (nSPS) is 20.2. The Bertz CT molecular complexity index is 1100. The van der Waals surface area contributed by atoms with Crippen molar-refractivity contribution in [3.8, 4) is 22.9 Å². The lowest BCUT2D eigenvalue weighted by molar-refractivity contribution is -0.114. The van der Waals surface area contributed by atoms with Crippen molar-refractivity contribution >= 4 is 11.6 Å². The summed E-state index contributed by atoms with van der Waals surface area (Å²) in [6, 6.07) is 13.0. The van der Waals surface area contributed by atoms with Crippen molar-refractivity contribution in [1.82, 2.24) is 15.0 Å². The predicted molar refractivity (Wildman–Crippen MR) is 110 cm³/mol. The molecule has 2 N–H and O–H groups in total. The second kappa shape index (κ2) is 8.01. The highest BCUT2D eigenvalue weighted by atomic mass is 16.7. The molecule has 0 saturated carbocycles. The van der Waals surface area contributed by atoms with Crippen LogP contribution in [-0.4, -0.2) is 45.5 Å². The van der Waals surface area contributed by atoms with E-state index in [1.807, 2.05) is 42.5 Å². The Morgan fingerprint density at radius 3 is 2.81 bits per heavy atom. The molecule has 5 rings (SSSR count). The minimum absolute atomic E-state index is 0.106. The molecule has 1 fully saturated rings. The fourth-order valence-electron chi connectivity index (χ4n) is 3.97. The fourth-order valence-corrected chi connectivity index (χ4v) is 3.97. The lowest BCUT2D eigenvalue weighted by atomic mass is 10.1. The number of likely N-dealkylation sites (tertiary alicyclic amines) is 1. The summed E-state index contributed by atoms with van der Waals surface area (Å²) in [6.45, 7) is 2.81. The number of anilines is 1. The first-order chi connectivity index (χ1) is 15.0. The standard InChI is InChI=1S/C22H22N4O5/c1-13(27)23-16-5-2-14(3-6-16)10-26-11-17(28)9-18(26)22-24-21(25-31-22)15-4-7-19-20(8-15)30-12-29-19/h2-8,17-18,28H,9-12H2,1H3,(H,23,27). The first-order valence-electron chi connectivity index (χ1n) is 10.1. The van der Waals surface area contributed by atoms with Gasteiger partial charge in [0.25, 0.3) is 0 Å². The van der Waals surface area contributed by atoms with Gasteiger partial charge in [-0.05, 0) is 42.3 Å². The molecule has 3 aromatic rings. The Labute approximate surface area is 178 Å². The number of hydrogen-bond donors (Lipinski definition) is 2. The van der Waals surface area contributed by atoms with Crippen LogP contribution < -0.4 is 14.8 Å². The third kappa shape index (κ3) is 4.10. The van der Waals surface area contributed by atoms with Gasteiger partial charge in [0.2, 0.25) is 24.4 Å². The van der Waals surface area contributed by atoms with Gasteiger partial charge < -0.3 is 24.4 Å². The Balaban J connectivity index is 1.33. The van der Waals surface area contributed by atoms with E-state index >= 15 is 0 Å². The fraction of sp³-hybridized carbons (Fsp3) is 0.318. The maximum atomic E-state index is 11.2. The van der Waals surface area contributed by atoms with Gasteiger partial charge in [-0.1, -0.05) is 17.3 Å². The van der Waals surface area contributed by atoms with E-state index in [-0.39, 0.29) is 18.7 Å². The summed E-state index contributed by atoms with van der Waals surface area (Å²) < 4.78 is 16.3. The van der Waals surface area contributed by atoms with Gasteiger partial charge in [0, 0.05) is 31.3 Å². The number of rotatable bonds is 5. The molecule has 2 aromatic carbocycles. The molecule has 2 aliphatic rings. The van der Waals surface area contributed by atoms with Crippen LogP contribution >= 0.6 is 0 Å². The smallest absolute Gasteiger partial charge is 0.244 e. The first-order valence-corrected chi connectivity index (χ1v) is 10.1. The van der Waals surface area contributed by atoms with Gasteiger partial charge in [0.1, 0.15) is 0 Å². The van der Waals surface area contributed by atoms with E-state index < -0.39 is 6.10 Å². The molecule has 0 aliphatic carbocycles. The molecule has 2 atom stereocenters. The molecule has 160 valence electrons. The van der Waals surface area contributed by atoms with Gasteiger partial charge in [-0.25, -0.2) is 0 Å². The SMILES string of the molecule is CC(=O)Nc1ccc(CN2CC(O)CC2c2nc(-c3ccc4c(c3)OCO4)no2)cc1. The topological polar surface area (TPSA) is 110 Å². The molecule has 9 nitrogen and oxygen atoms in total. The van der Waals surface area contributed by atoms with Crippen molar-refractivity contribution in [2.24, 2.45) is 0 Å². The second-order valence-electron chi connectivity index (χ2n) is 7.74. The third-order valence-electron chi connectivity index (χ3n) is 5.40. The number of fused-ring (bicyclic) bond motifs is 1. The van der Waals surface area contributed by atoms with E-state index in [0.29, 0.717) is 42.7 Å². The summed E-state index contributed by atoms with van der Waals surface area (Å²) in [4.78, 5) is 17.9. The lowest BCUT2D eigenvalue weighted by Gasteiger charge is -2.21. The molecule has 3 heterocycles. The zero-order chi connectivity index (χ0) is 21.4. The van der Waals surface area contributed by atoms with Crippen LogP contribution in [0.3, 0.4) is 0 Å². The van der Waals surface area contributed by atoms with Crippen LogP contribution in [0.1, 0.15) is 30.8 Å². The van der Waals surface area contributed by atoms with E-state index in [9.17, 15) is 9.90 Å². The lowest BCUT2D eigenvalue weighted by Crippen LogP contribution is -2.24. The second-order valence-corrected chi connectivity index (χ2v) is 7.74. The van der Waals surface area contributed by atoms with Gasteiger partial charge in [-0.3, -0.25) is 9.69 Å². The molecule has 1 saturated heterocycles. The molecule has 31 heavy (non-hydrogen) atoms. The summed E-state index contributed by atoms with van der Waals surface area (Å²) in [5.74, 6) is 2.19. The Kier molecular flexibility index (Phi) is 5.05. The number of β-amino-alcohol motifs (C(OH)–C–C–N with tert-alkyl or cyclic N) is 1. The molecule has 0 spiro atoms. The average molecular weight is 422 g/mol. The molecule has 2 aliphatic heterocycles. The van der Waals surface area contributed by atoms with E-state index in [0.717, 1.165) is 16.8 Å². The van der Waals surface area contributed by atoms with E-state index in [1.165, 1.54) is 6.92 Å². The van der Waals surface area contributed by atoms with Gasteiger partial charge >= 0.3 is 0 Å². The summed E-state index contributed by atoms with van der Waals surface area (Å²) in [6.07, 6.45) is 0.0526. The summed E-state index contributed by atoms with van der Waals surface area (Å²) in [7, 11) is 0. The molecule has 0 radical (unpaired) electrons. The highest BCUT2D eigenvalue weighted by Crippen LogP contribution is 2.37. The monoisotopic (exact) mass is 422 g/mol. The van der Waals surface area contributed by atoms with Crippen molar-refractivity contribution in [3.63, 3.8) is 0 Å². The molecule has 1 aromatic heterocycles. The van der Waals surface area contributed by atoms with Gasteiger partial charge in [-0.15, -0.1) is 0 Å². The van der Waals surface area contributed by atoms with Crippen molar-refractivity contribution in [3.05, 3.63) is 53.9 Å². The van der Waals surface area contributed by atoms with E-state index in [4.69, 9.17) is 14.0 Å². The van der Waals surface area contributed by atoms with Crippen molar-refractivity contribution in [2.45, 2.75) is 32.0 Å². The highest BCUT2D eigenvalue weighted by molar-refractivity contribution is 5.88. The van der Waals surface area contributed by atoms with Crippen LogP contribution in [0.5, 0.6) is 11.5 Å². The van der Waals surface area contributed by atoms with Crippen molar-refractivity contribution < 1.29 is 23.9 Å². The van der Waals surface area contributed by atoms with E-state index in [1.54, 1.807) is 0 Å². The minimum atomic E-state index is -0.468. The number of aliphatic hydroxyl groups is 1. The molecule has 9 heteroatoms. The van der Waals surface area contributed by atoms with Crippen LogP contribution in [0.4, 0.5) is 5.69 Å². The van der Waals surface area contributed by atoms with Crippen LogP contribution in [0.2, 0.25) is 0 Å². The Morgan fingerprint density at radius 1 is 1.19 bits per heavy atom. The number of nitrogens with one attached hydrogen (secondary N) is 1. The van der Waals surface area contributed by atoms with E-state index in [2.05, 4.69) is 20.4 Å². The van der Waals surface area contributed by atoms with Crippen molar-refractivity contribution in [2.75, 3.05) is 18.7 Å². The maximum Gasteiger partial charge on any atom is 0.244 e. The number of carbonyl (C=O) groups is 1. The number of nitrogens with zero attached hydrogens (tertiary/aromatic N) is 3. The van der Waals surface area contributed by atoms with Crippen LogP contribution in [0.15, 0.2) is 47.0 Å². The molecular formula is C22H22N4O5. The predicted octanol–water partition coefficient (Wildman–Crippen LogP) is 2.73. The van der Waals surface area contributed by atoms with Crippen molar-refractivity contribution in [1.29, 1.82) is 0 Å². The van der Waals surface area contributed by atoms with Crippen LogP contribution in [-0.2, 0) is 11.3 Å². The number of carbonyl (C=O) groups excluding carboxylic acids is 1. The third-order valence-corrected chi connectivity index (χ3v) is 5.40. The summed E-state index contributed by atoms with van der Waals surface area (Å²) in [5.41, 5.74) is 2.58. The quantitative estimate of drug-likeness (QED) is 0.646. The zero-order valence-corrected chi connectivity index (χ0v) is 16.9. The number of aliphatic hydroxyl groups excluding tert-OH is 1. The van der Waals surface area contributed by atoms with Gasteiger partial charge in [-0.2, -0.15) is 4.98 Å². The summed E-state index contributed by atoms with van der Waals surface area (Å²) in [5, 5.41) is 17.2. The highest BCUT2D eigenvalue weighted by Gasteiger charge is 2.36. The number of amides is 1. The van der Waals surface area contributed by atoms with Gasteiger partial charge in [0.15, 0.2) is 11.5 Å². The average Bonchev–Trinajstić information content (AvgIpc) is 3.48.